The van der Waals surface area contributed by atoms with Gasteiger partial charge in [0, 0.05) is 25.1 Å². The van der Waals surface area contributed by atoms with Crippen molar-refractivity contribution in [3.05, 3.63) is 48.0 Å². The Morgan fingerprint density at radius 3 is 2.46 bits per heavy atom. The Kier molecular flexibility index (Phi) is 5.89. The van der Waals surface area contributed by atoms with Gasteiger partial charge in [0.25, 0.3) is 5.91 Å². The van der Waals surface area contributed by atoms with Crippen molar-refractivity contribution in [3.8, 4) is 0 Å². The van der Waals surface area contributed by atoms with Crippen LogP contribution in [0.2, 0.25) is 0 Å². The van der Waals surface area contributed by atoms with Gasteiger partial charge in [0.2, 0.25) is 5.91 Å². The number of hydrogen-bond donors (Lipinski definition) is 2. The van der Waals surface area contributed by atoms with Crippen LogP contribution in [-0.2, 0) is 9.59 Å². The minimum Gasteiger partial charge on any atom is -0.480 e. The molecule has 2 rings (SSSR count). The van der Waals surface area contributed by atoms with Crippen LogP contribution in [-0.4, -0.2) is 47.4 Å². The number of carbonyl (C=O) groups excluding carboxylic acids is 2. The van der Waals surface area contributed by atoms with E-state index >= 15 is 0 Å². The molecule has 0 radical (unpaired) electrons. The van der Waals surface area contributed by atoms with Gasteiger partial charge in [-0.05, 0) is 29.8 Å². The molecule has 126 valence electrons. The minimum absolute atomic E-state index is 0.0699. The molecule has 0 spiro atoms. The number of aliphatic carboxylic acids is 1. The molecule has 6 nitrogen and oxygen atoms in total. The molecular weight excluding hydrogens is 308 g/mol. The second-order valence-electron chi connectivity index (χ2n) is 5.37. The van der Waals surface area contributed by atoms with Gasteiger partial charge in [0.05, 0.1) is 0 Å². The Morgan fingerprint density at radius 2 is 1.79 bits per heavy atom. The first-order valence-corrected chi connectivity index (χ1v) is 7.78. The molecule has 0 aliphatic heterocycles. The summed E-state index contributed by atoms with van der Waals surface area (Å²) in [6.07, 6.45) is 0.0699. The van der Waals surface area contributed by atoms with Crippen LogP contribution in [0.5, 0.6) is 0 Å². The fourth-order valence-corrected chi connectivity index (χ4v) is 2.41. The van der Waals surface area contributed by atoms with E-state index in [2.05, 4.69) is 5.32 Å². The number of benzene rings is 2. The van der Waals surface area contributed by atoms with Crippen LogP contribution in [0.15, 0.2) is 42.5 Å². The van der Waals surface area contributed by atoms with Gasteiger partial charge in [-0.25, -0.2) is 0 Å². The SMILES string of the molecule is CCN(CC(=O)O)C(=O)CCNC(=O)c1ccc2ccccc2c1. The van der Waals surface area contributed by atoms with Crippen LogP contribution >= 0.6 is 0 Å². The summed E-state index contributed by atoms with van der Waals surface area (Å²) in [5, 5.41) is 13.5. The normalized spacial score (nSPS) is 10.4. The molecule has 2 N–H and O–H groups in total. The molecule has 6 heteroatoms. The number of rotatable bonds is 7. The number of carbonyl (C=O) groups is 3. The number of amides is 2. The molecular formula is C18H20N2O4. The van der Waals surface area contributed by atoms with Crippen LogP contribution < -0.4 is 5.32 Å². The Labute approximate surface area is 140 Å². The second kappa shape index (κ2) is 8.10. The summed E-state index contributed by atoms with van der Waals surface area (Å²) in [6.45, 7) is 1.88. The lowest BCUT2D eigenvalue weighted by Crippen LogP contribution is -2.37. The average molecular weight is 328 g/mol. The van der Waals surface area contributed by atoms with Gasteiger partial charge in [-0.3, -0.25) is 14.4 Å². The third-order valence-corrected chi connectivity index (χ3v) is 3.70. The Hall–Kier alpha value is -2.89. The van der Waals surface area contributed by atoms with Crippen LogP contribution in [0.1, 0.15) is 23.7 Å². The van der Waals surface area contributed by atoms with Crippen LogP contribution in [0.4, 0.5) is 0 Å². The lowest BCUT2D eigenvalue weighted by atomic mass is 10.1. The molecule has 2 aromatic carbocycles. The zero-order valence-electron chi connectivity index (χ0n) is 13.5. The van der Waals surface area contributed by atoms with Crippen molar-refractivity contribution >= 4 is 28.6 Å². The van der Waals surface area contributed by atoms with Gasteiger partial charge in [-0.1, -0.05) is 30.3 Å². The van der Waals surface area contributed by atoms with Crippen molar-refractivity contribution in [2.75, 3.05) is 19.6 Å². The maximum atomic E-state index is 12.2. The molecule has 0 bridgehead atoms. The van der Waals surface area contributed by atoms with Crippen LogP contribution in [0.25, 0.3) is 10.8 Å². The van der Waals surface area contributed by atoms with Crippen molar-refractivity contribution in [1.29, 1.82) is 0 Å². The number of carboxylic acid groups (broad SMARTS) is 1. The van der Waals surface area contributed by atoms with Gasteiger partial charge in [0.1, 0.15) is 6.54 Å². The summed E-state index contributed by atoms with van der Waals surface area (Å²) in [5.74, 6) is -1.60. The lowest BCUT2D eigenvalue weighted by molar-refractivity contribution is -0.144. The maximum absolute atomic E-state index is 12.2. The molecule has 0 aliphatic carbocycles. The standard InChI is InChI=1S/C18H20N2O4/c1-2-20(12-17(22)23)16(21)9-10-19-18(24)15-8-7-13-5-3-4-6-14(13)11-15/h3-8,11H,2,9-10,12H2,1H3,(H,19,24)(H,22,23). The first kappa shape index (κ1) is 17.5. The number of carboxylic acids is 1. The zero-order chi connectivity index (χ0) is 17.5. The third-order valence-electron chi connectivity index (χ3n) is 3.70. The van der Waals surface area contributed by atoms with Crippen molar-refractivity contribution in [3.63, 3.8) is 0 Å². The van der Waals surface area contributed by atoms with E-state index < -0.39 is 5.97 Å². The summed E-state index contributed by atoms with van der Waals surface area (Å²) in [6, 6.07) is 13.2. The molecule has 0 aliphatic rings. The number of fused-ring (bicyclic) bond motifs is 1. The monoisotopic (exact) mass is 328 g/mol. The summed E-state index contributed by atoms with van der Waals surface area (Å²) in [5.41, 5.74) is 0.527. The molecule has 0 fully saturated rings. The quantitative estimate of drug-likeness (QED) is 0.812. The number of likely N-dealkylation sites (N-methyl/N-ethyl adjacent to an activating group) is 1. The van der Waals surface area contributed by atoms with E-state index in [0.717, 1.165) is 10.8 Å². The zero-order valence-corrected chi connectivity index (χ0v) is 13.5. The number of nitrogens with one attached hydrogen (secondary N) is 1. The Balaban J connectivity index is 1.90. The summed E-state index contributed by atoms with van der Waals surface area (Å²) in [4.78, 5) is 36.0. The highest BCUT2D eigenvalue weighted by molar-refractivity contribution is 5.98. The smallest absolute Gasteiger partial charge is 0.323 e. The molecule has 0 heterocycles. The van der Waals surface area contributed by atoms with Crippen molar-refractivity contribution in [2.24, 2.45) is 0 Å². The topological polar surface area (TPSA) is 86.7 Å². The average Bonchev–Trinajstić information content (AvgIpc) is 2.58. The predicted molar refractivity (Wildman–Crippen MR) is 90.8 cm³/mol. The molecule has 0 atom stereocenters. The van der Waals surface area contributed by atoms with E-state index in [9.17, 15) is 14.4 Å². The lowest BCUT2D eigenvalue weighted by Gasteiger charge is -2.18. The van der Waals surface area contributed by atoms with E-state index in [4.69, 9.17) is 5.11 Å². The molecule has 2 amide bonds. The molecule has 2 aromatic rings. The summed E-state index contributed by atoms with van der Waals surface area (Å²) >= 11 is 0. The fraction of sp³-hybridized carbons (Fsp3) is 0.278. The van der Waals surface area contributed by atoms with Gasteiger partial charge in [-0.15, -0.1) is 0 Å². The van der Waals surface area contributed by atoms with Crippen LogP contribution in [0, 0.1) is 0 Å². The van der Waals surface area contributed by atoms with Crippen LogP contribution in [0.3, 0.4) is 0 Å². The van der Waals surface area contributed by atoms with Crippen molar-refractivity contribution < 1.29 is 19.5 Å². The number of hydrogen-bond acceptors (Lipinski definition) is 3. The number of nitrogens with zero attached hydrogens (tertiary/aromatic N) is 1. The van der Waals surface area contributed by atoms with Gasteiger partial charge < -0.3 is 15.3 Å². The van der Waals surface area contributed by atoms with Crippen molar-refractivity contribution in [2.45, 2.75) is 13.3 Å². The largest absolute Gasteiger partial charge is 0.480 e. The Morgan fingerprint density at radius 1 is 1.08 bits per heavy atom. The third kappa shape index (κ3) is 4.55. The molecule has 0 aromatic heterocycles. The highest BCUT2D eigenvalue weighted by atomic mass is 16.4. The summed E-state index contributed by atoms with van der Waals surface area (Å²) < 4.78 is 0. The van der Waals surface area contributed by atoms with Gasteiger partial charge >= 0.3 is 5.97 Å². The molecule has 24 heavy (non-hydrogen) atoms. The summed E-state index contributed by atoms with van der Waals surface area (Å²) in [7, 11) is 0. The van der Waals surface area contributed by atoms with Gasteiger partial charge in [-0.2, -0.15) is 0 Å². The highest BCUT2D eigenvalue weighted by Gasteiger charge is 2.15. The first-order chi connectivity index (χ1) is 11.5. The van der Waals surface area contributed by atoms with Gasteiger partial charge in [0.15, 0.2) is 0 Å². The molecule has 0 saturated heterocycles. The van der Waals surface area contributed by atoms with E-state index in [1.54, 1.807) is 19.1 Å². The second-order valence-corrected chi connectivity index (χ2v) is 5.37. The van der Waals surface area contributed by atoms with Crippen molar-refractivity contribution in [1.82, 2.24) is 10.2 Å². The highest BCUT2D eigenvalue weighted by Crippen LogP contribution is 2.15. The molecule has 0 saturated carbocycles. The van der Waals surface area contributed by atoms with E-state index in [1.807, 2.05) is 30.3 Å². The van der Waals surface area contributed by atoms with E-state index in [-0.39, 0.29) is 31.3 Å². The molecule has 0 unspecified atom stereocenters. The van der Waals surface area contributed by atoms with E-state index in [1.165, 1.54) is 4.90 Å². The minimum atomic E-state index is -1.05. The fourth-order valence-electron chi connectivity index (χ4n) is 2.41. The first-order valence-electron chi connectivity index (χ1n) is 7.78. The maximum Gasteiger partial charge on any atom is 0.323 e. The Bertz CT molecular complexity index is 758. The predicted octanol–water partition coefficient (Wildman–Crippen LogP) is 1.89. The van der Waals surface area contributed by atoms with E-state index in [0.29, 0.717) is 12.1 Å².